The number of aromatic nitrogens is 4. The first-order valence-electron chi connectivity index (χ1n) is 11.0. The predicted molar refractivity (Wildman–Crippen MR) is 127 cm³/mol. The summed E-state index contributed by atoms with van der Waals surface area (Å²) in [7, 11) is 1.59. The molecule has 0 saturated heterocycles. The van der Waals surface area contributed by atoms with Crippen molar-refractivity contribution in [3.63, 3.8) is 0 Å². The van der Waals surface area contributed by atoms with Gasteiger partial charge in [-0.05, 0) is 25.0 Å². The van der Waals surface area contributed by atoms with E-state index in [2.05, 4.69) is 11.8 Å². The zero-order valence-electron chi connectivity index (χ0n) is 18.9. The number of hydrogen-bond donors (Lipinski definition) is 0. The van der Waals surface area contributed by atoms with Crippen LogP contribution in [0.25, 0.3) is 11.2 Å². The van der Waals surface area contributed by atoms with Gasteiger partial charge >= 0.3 is 5.69 Å². The highest BCUT2D eigenvalue weighted by Crippen LogP contribution is 2.32. The van der Waals surface area contributed by atoms with Gasteiger partial charge in [-0.15, -0.1) is 0 Å². The van der Waals surface area contributed by atoms with Gasteiger partial charge in [-0.2, -0.15) is 4.98 Å². The first-order chi connectivity index (χ1) is 15.8. The molecular weight excluding hydrogens is 418 g/mol. The minimum absolute atomic E-state index is 0.257. The van der Waals surface area contributed by atoms with Gasteiger partial charge in [-0.3, -0.25) is 18.7 Å². The molecule has 4 aromatic rings. The van der Waals surface area contributed by atoms with Crippen molar-refractivity contribution in [2.24, 2.45) is 13.0 Å². The summed E-state index contributed by atoms with van der Waals surface area (Å²) in [4.78, 5) is 46.1. The third-order valence-corrected chi connectivity index (χ3v) is 6.19. The van der Waals surface area contributed by atoms with Crippen molar-refractivity contribution in [2.75, 3.05) is 11.4 Å². The van der Waals surface area contributed by atoms with Gasteiger partial charge in [0.05, 0.1) is 6.54 Å². The Morgan fingerprint density at radius 3 is 2.42 bits per heavy atom. The van der Waals surface area contributed by atoms with E-state index in [0.29, 0.717) is 29.2 Å². The van der Waals surface area contributed by atoms with Crippen LogP contribution in [0.2, 0.25) is 0 Å². The largest absolute Gasteiger partial charge is 0.332 e. The summed E-state index contributed by atoms with van der Waals surface area (Å²) in [6.45, 7) is 5.20. The SMILES string of the molecule is Cc1ccc(N2C[C@H](C)Cn3c2nc2c3c(=O)n(CC(=O)c3ccccc3)c(=O)n2C)cc1. The first-order valence-corrected chi connectivity index (χ1v) is 11.0. The number of ketones is 1. The average molecular weight is 444 g/mol. The second-order valence-electron chi connectivity index (χ2n) is 8.77. The number of imidazole rings is 1. The molecule has 33 heavy (non-hydrogen) atoms. The number of nitrogens with zero attached hydrogens (tertiary/aromatic N) is 5. The van der Waals surface area contributed by atoms with Gasteiger partial charge in [-0.25, -0.2) is 4.79 Å². The summed E-state index contributed by atoms with van der Waals surface area (Å²) in [5.74, 6) is 0.598. The van der Waals surface area contributed by atoms with Crippen molar-refractivity contribution < 1.29 is 4.79 Å². The highest BCUT2D eigenvalue weighted by Gasteiger charge is 2.30. The van der Waals surface area contributed by atoms with Crippen LogP contribution in [0.4, 0.5) is 11.6 Å². The number of rotatable bonds is 4. The van der Waals surface area contributed by atoms with Gasteiger partial charge in [-0.1, -0.05) is 55.0 Å². The van der Waals surface area contributed by atoms with Crippen molar-refractivity contribution in [2.45, 2.75) is 26.9 Å². The topological polar surface area (TPSA) is 82.1 Å². The van der Waals surface area contributed by atoms with Crippen LogP contribution in [0.15, 0.2) is 64.2 Å². The Morgan fingerprint density at radius 1 is 1.03 bits per heavy atom. The molecule has 3 heterocycles. The Morgan fingerprint density at radius 2 is 1.73 bits per heavy atom. The molecule has 0 N–H and O–H groups in total. The van der Waals surface area contributed by atoms with Crippen LogP contribution in [-0.4, -0.2) is 31.0 Å². The number of Topliss-reactive ketones (excluding diaryl/α,β-unsaturated/α-hetero) is 1. The van der Waals surface area contributed by atoms with E-state index in [4.69, 9.17) is 4.98 Å². The van der Waals surface area contributed by atoms with Crippen LogP contribution in [-0.2, 0) is 20.1 Å². The van der Waals surface area contributed by atoms with Crippen molar-refractivity contribution >= 4 is 28.6 Å². The number of fused-ring (bicyclic) bond motifs is 3. The fourth-order valence-corrected chi connectivity index (χ4v) is 4.45. The standard InChI is InChI=1S/C25H25N5O3/c1-16-9-11-19(12-10-16)28-13-17(2)14-29-21-22(26-24(28)29)27(3)25(33)30(23(21)32)15-20(31)18-7-5-4-6-8-18/h4-12,17H,13-15H2,1-3H3/t17-/m0/s1. The van der Waals surface area contributed by atoms with Gasteiger partial charge in [0.15, 0.2) is 16.9 Å². The quantitative estimate of drug-likeness (QED) is 0.453. The van der Waals surface area contributed by atoms with Gasteiger partial charge in [0.2, 0.25) is 5.95 Å². The lowest BCUT2D eigenvalue weighted by atomic mass is 10.1. The summed E-state index contributed by atoms with van der Waals surface area (Å²) in [6.07, 6.45) is 0. The predicted octanol–water partition coefficient (Wildman–Crippen LogP) is 2.88. The summed E-state index contributed by atoms with van der Waals surface area (Å²) in [5.41, 5.74) is 2.22. The van der Waals surface area contributed by atoms with Gasteiger partial charge in [0.25, 0.3) is 5.56 Å². The van der Waals surface area contributed by atoms with E-state index in [9.17, 15) is 14.4 Å². The third kappa shape index (κ3) is 3.47. The molecular formula is C25H25N5O3. The highest BCUT2D eigenvalue weighted by atomic mass is 16.2. The molecule has 0 bridgehead atoms. The van der Waals surface area contributed by atoms with Crippen LogP contribution in [0.3, 0.4) is 0 Å². The van der Waals surface area contributed by atoms with E-state index in [1.165, 1.54) is 4.57 Å². The van der Waals surface area contributed by atoms with E-state index in [1.54, 1.807) is 31.3 Å². The number of hydrogen-bond acceptors (Lipinski definition) is 5. The van der Waals surface area contributed by atoms with Crippen molar-refractivity contribution in [3.05, 3.63) is 86.6 Å². The normalized spacial score (nSPS) is 15.6. The molecule has 2 aromatic carbocycles. The maximum absolute atomic E-state index is 13.5. The Kier molecular flexibility index (Phi) is 5.00. The maximum Gasteiger partial charge on any atom is 0.332 e. The zero-order valence-corrected chi connectivity index (χ0v) is 18.9. The Bertz CT molecular complexity index is 1480. The van der Waals surface area contributed by atoms with Crippen LogP contribution < -0.4 is 16.1 Å². The Hall–Kier alpha value is -3.94. The third-order valence-electron chi connectivity index (χ3n) is 6.19. The molecule has 2 aromatic heterocycles. The monoisotopic (exact) mass is 443 g/mol. The second kappa shape index (κ2) is 7.88. The fraction of sp³-hybridized carbons (Fsp3) is 0.280. The fourth-order valence-electron chi connectivity index (χ4n) is 4.45. The minimum Gasteiger partial charge on any atom is -0.312 e. The van der Waals surface area contributed by atoms with Crippen LogP contribution in [0, 0.1) is 12.8 Å². The van der Waals surface area contributed by atoms with Crippen LogP contribution in [0.1, 0.15) is 22.8 Å². The Labute approximate surface area is 190 Å². The number of benzene rings is 2. The van der Waals surface area contributed by atoms with E-state index < -0.39 is 11.2 Å². The molecule has 0 radical (unpaired) electrons. The molecule has 8 nitrogen and oxygen atoms in total. The number of anilines is 2. The minimum atomic E-state index is -0.554. The molecule has 0 amide bonds. The number of aryl methyl sites for hydroxylation is 2. The van der Waals surface area contributed by atoms with Gasteiger partial charge < -0.3 is 9.47 Å². The number of carbonyl (C=O) groups excluding carboxylic acids is 1. The Balaban J connectivity index is 1.68. The molecule has 8 heteroatoms. The van der Waals surface area contributed by atoms with Crippen LogP contribution >= 0.6 is 0 Å². The molecule has 0 aliphatic carbocycles. The van der Waals surface area contributed by atoms with Crippen LogP contribution in [0.5, 0.6) is 0 Å². The molecule has 0 fully saturated rings. The molecule has 0 saturated carbocycles. The molecule has 0 unspecified atom stereocenters. The molecule has 0 spiro atoms. The molecule has 168 valence electrons. The average Bonchev–Trinajstić information content (AvgIpc) is 3.20. The smallest absolute Gasteiger partial charge is 0.312 e. The molecule has 5 rings (SSSR count). The molecule has 1 aliphatic rings. The lowest BCUT2D eigenvalue weighted by Gasteiger charge is -2.33. The summed E-state index contributed by atoms with van der Waals surface area (Å²) < 4.78 is 4.26. The van der Waals surface area contributed by atoms with Gasteiger partial charge in [0.1, 0.15) is 0 Å². The van der Waals surface area contributed by atoms with E-state index in [0.717, 1.165) is 22.4 Å². The molecule has 1 atom stereocenters. The summed E-state index contributed by atoms with van der Waals surface area (Å²) >= 11 is 0. The van der Waals surface area contributed by atoms with Gasteiger partial charge in [0, 0.05) is 31.4 Å². The van der Waals surface area contributed by atoms with E-state index >= 15 is 0 Å². The maximum atomic E-state index is 13.5. The van der Waals surface area contributed by atoms with E-state index in [-0.39, 0.29) is 18.2 Å². The highest BCUT2D eigenvalue weighted by molar-refractivity contribution is 5.96. The lowest BCUT2D eigenvalue weighted by Crippen LogP contribution is -2.42. The first kappa shape index (κ1) is 20.9. The molecule has 1 aliphatic heterocycles. The summed E-state index contributed by atoms with van der Waals surface area (Å²) in [5, 5.41) is 0. The summed E-state index contributed by atoms with van der Waals surface area (Å²) in [6, 6.07) is 16.8. The lowest BCUT2D eigenvalue weighted by molar-refractivity contribution is 0.0969. The second-order valence-corrected chi connectivity index (χ2v) is 8.77. The van der Waals surface area contributed by atoms with Crippen molar-refractivity contribution in [3.8, 4) is 0 Å². The number of carbonyl (C=O) groups is 1. The van der Waals surface area contributed by atoms with E-state index in [1.807, 2.05) is 41.8 Å². The van der Waals surface area contributed by atoms with Crippen molar-refractivity contribution in [1.82, 2.24) is 18.7 Å². The zero-order chi connectivity index (χ0) is 23.3. The van der Waals surface area contributed by atoms with Crippen molar-refractivity contribution in [1.29, 1.82) is 0 Å².